The summed E-state index contributed by atoms with van der Waals surface area (Å²) in [5, 5.41) is 0. The number of ketones is 1. The van der Waals surface area contributed by atoms with Crippen molar-refractivity contribution in [3.63, 3.8) is 0 Å². The lowest BCUT2D eigenvalue weighted by molar-refractivity contribution is -0.143. The summed E-state index contributed by atoms with van der Waals surface area (Å²) < 4.78 is 4.79. The fourth-order valence-electron chi connectivity index (χ4n) is 0.734. The molecule has 0 aromatic rings. The van der Waals surface area contributed by atoms with Gasteiger partial charge in [0.15, 0.2) is 0 Å². The van der Waals surface area contributed by atoms with Gasteiger partial charge in [-0.3, -0.25) is 9.59 Å². The Morgan fingerprint density at radius 3 is 2.33 bits per heavy atom. The van der Waals surface area contributed by atoms with E-state index in [1.165, 1.54) is 0 Å². The molecule has 0 radical (unpaired) electrons. The monoisotopic (exact) mass is 172 g/mol. The van der Waals surface area contributed by atoms with Crippen LogP contribution in [0.15, 0.2) is 0 Å². The number of hydrogen-bond acceptors (Lipinski definition) is 3. The smallest absolute Gasteiger partial charge is 0.305 e. The van der Waals surface area contributed by atoms with Crippen LogP contribution in [-0.2, 0) is 14.3 Å². The molecule has 3 heteroatoms. The van der Waals surface area contributed by atoms with E-state index < -0.39 is 0 Å². The van der Waals surface area contributed by atoms with Gasteiger partial charge in [0.2, 0.25) is 0 Å². The van der Waals surface area contributed by atoms with Gasteiger partial charge in [-0.2, -0.15) is 0 Å². The van der Waals surface area contributed by atoms with Crippen LogP contribution in [0.3, 0.4) is 0 Å². The Morgan fingerprint density at radius 1 is 1.17 bits per heavy atom. The highest BCUT2D eigenvalue weighted by Gasteiger charge is 2.00. The van der Waals surface area contributed by atoms with Crippen LogP contribution in [-0.4, -0.2) is 18.4 Å². The Kier molecular flexibility index (Phi) is 6.34. The molecule has 0 spiro atoms. The lowest BCUT2D eigenvalue weighted by Gasteiger charge is -2.01. The number of hydrogen-bond donors (Lipinski definition) is 0. The summed E-state index contributed by atoms with van der Waals surface area (Å²) in [6.07, 6.45) is 2.15. The Morgan fingerprint density at radius 2 is 1.83 bits per heavy atom. The van der Waals surface area contributed by atoms with Crippen LogP contribution in [0.5, 0.6) is 0 Å². The first kappa shape index (κ1) is 11.1. The molecular weight excluding hydrogens is 156 g/mol. The average molecular weight is 172 g/mol. The maximum absolute atomic E-state index is 10.8. The summed E-state index contributed by atoms with van der Waals surface area (Å²) in [6.45, 7) is 3.96. The van der Waals surface area contributed by atoms with Crippen LogP contribution in [0.2, 0.25) is 0 Å². The molecule has 0 rings (SSSR count). The minimum Gasteiger partial charge on any atom is -0.466 e. The van der Waals surface area contributed by atoms with E-state index in [1.807, 2.05) is 6.92 Å². The zero-order valence-corrected chi connectivity index (χ0v) is 7.76. The third-order valence-corrected chi connectivity index (χ3v) is 1.55. The highest BCUT2D eigenvalue weighted by atomic mass is 16.5. The van der Waals surface area contributed by atoms with Crippen molar-refractivity contribution in [3.8, 4) is 0 Å². The largest absolute Gasteiger partial charge is 0.466 e. The quantitative estimate of drug-likeness (QED) is 0.452. The molecule has 0 aliphatic carbocycles. The molecule has 0 N–H and O–H groups in total. The van der Waals surface area contributed by atoms with Crippen molar-refractivity contribution in [2.24, 2.45) is 0 Å². The van der Waals surface area contributed by atoms with Crippen molar-refractivity contribution in [2.75, 3.05) is 6.61 Å². The van der Waals surface area contributed by atoms with Gasteiger partial charge in [-0.05, 0) is 6.42 Å². The normalized spacial score (nSPS) is 9.50. The number of carbonyl (C=O) groups excluding carboxylic acids is 2. The summed E-state index contributed by atoms with van der Waals surface area (Å²) in [7, 11) is 0. The summed E-state index contributed by atoms with van der Waals surface area (Å²) in [6, 6.07) is 0. The fraction of sp³-hybridized carbons (Fsp3) is 0.778. The molecule has 0 saturated heterocycles. The van der Waals surface area contributed by atoms with Crippen molar-refractivity contribution < 1.29 is 14.3 Å². The molecule has 0 atom stereocenters. The summed E-state index contributed by atoms with van der Waals surface area (Å²) in [5.74, 6) is 0.0292. The van der Waals surface area contributed by atoms with Crippen LogP contribution in [0.4, 0.5) is 0 Å². The van der Waals surface area contributed by atoms with Gasteiger partial charge in [-0.25, -0.2) is 0 Å². The first-order valence-electron chi connectivity index (χ1n) is 4.38. The Labute approximate surface area is 73.1 Å². The van der Waals surface area contributed by atoms with Crippen LogP contribution >= 0.6 is 0 Å². The molecule has 0 aliphatic rings. The summed E-state index contributed by atoms with van der Waals surface area (Å²) in [5.41, 5.74) is 0. The average Bonchev–Trinajstić information content (AvgIpc) is 2.11. The molecule has 0 unspecified atom stereocenters. The van der Waals surface area contributed by atoms with E-state index in [-0.39, 0.29) is 11.8 Å². The van der Waals surface area contributed by atoms with Gasteiger partial charge in [-0.1, -0.05) is 13.8 Å². The van der Waals surface area contributed by atoms with Gasteiger partial charge in [0, 0.05) is 19.3 Å². The van der Waals surface area contributed by atoms with E-state index in [0.717, 1.165) is 0 Å². The molecular formula is C9H16O3. The molecule has 70 valence electrons. The second kappa shape index (κ2) is 6.83. The van der Waals surface area contributed by atoms with Crippen molar-refractivity contribution in [1.29, 1.82) is 0 Å². The molecule has 12 heavy (non-hydrogen) atoms. The Bertz CT molecular complexity index is 134. The van der Waals surface area contributed by atoms with Crippen molar-refractivity contribution in [2.45, 2.75) is 39.5 Å². The molecule has 0 saturated carbocycles. The van der Waals surface area contributed by atoms with Crippen molar-refractivity contribution in [1.82, 2.24) is 0 Å². The molecule has 3 nitrogen and oxygen atoms in total. The number of Topliss-reactive ketones (excluding diaryl/α,β-unsaturated/α-hetero) is 1. The van der Waals surface area contributed by atoms with Crippen LogP contribution in [0.1, 0.15) is 39.5 Å². The van der Waals surface area contributed by atoms with Crippen LogP contribution in [0, 0.1) is 0 Å². The second-order valence-electron chi connectivity index (χ2n) is 2.57. The summed E-state index contributed by atoms with van der Waals surface area (Å²) in [4.78, 5) is 21.4. The summed E-state index contributed by atoms with van der Waals surface area (Å²) >= 11 is 0. The molecule has 0 aromatic carbocycles. The molecule has 0 heterocycles. The molecule has 0 aromatic heterocycles. The molecule has 0 aliphatic heterocycles. The van der Waals surface area contributed by atoms with Gasteiger partial charge in [0.1, 0.15) is 5.78 Å². The minimum absolute atomic E-state index is 0.195. The maximum atomic E-state index is 10.8. The fourth-order valence-corrected chi connectivity index (χ4v) is 0.734. The van der Waals surface area contributed by atoms with Gasteiger partial charge < -0.3 is 4.74 Å². The second-order valence-corrected chi connectivity index (χ2v) is 2.57. The number of ether oxygens (including phenoxy) is 1. The third-order valence-electron chi connectivity index (χ3n) is 1.55. The van der Waals surface area contributed by atoms with E-state index in [1.54, 1.807) is 6.92 Å². The number of rotatable bonds is 6. The lowest BCUT2D eigenvalue weighted by atomic mass is 10.2. The predicted octanol–water partition coefficient (Wildman–Crippen LogP) is 1.70. The maximum Gasteiger partial charge on any atom is 0.305 e. The zero-order chi connectivity index (χ0) is 9.40. The van der Waals surface area contributed by atoms with Gasteiger partial charge in [0.25, 0.3) is 0 Å². The first-order valence-corrected chi connectivity index (χ1v) is 4.38. The lowest BCUT2D eigenvalue weighted by Crippen LogP contribution is -2.05. The Hall–Kier alpha value is -0.860. The third kappa shape index (κ3) is 5.89. The number of esters is 1. The van der Waals surface area contributed by atoms with E-state index in [2.05, 4.69) is 0 Å². The first-order chi connectivity index (χ1) is 5.70. The number of carbonyl (C=O) groups is 2. The van der Waals surface area contributed by atoms with E-state index in [4.69, 9.17) is 4.74 Å². The predicted molar refractivity (Wildman–Crippen MR) is 45.8 cm³/mol. The highest BCUT2D eigenvalue weighted by molar-refractivity contribution is 5.77. The molecule has 0 bridgehead atoms. The SMILES string of the molecule is CCC(=O)CCCOC(=O)CC. The van der Waals surface area contributed by atoms with Gasteiger partial charge >= 0.3 is 5.97 Å². The van der Waals surface area contributed by atoms with E-state index in [9.17, 15) is 9.59 Å². The van der Waals surface area contributed by atoms with Crippen molar-refractivity contribution >= 4 is 11.8 Å². The van der Waals surface area contributed by atoms with Gasteiger partial charge in [-0.15, -0.1) is 0 Å². The van der Waals surface area contributed by atoms with E-state index >= 15 is 0 Å². The van der Waals surface area contributed by atoms with Crippen LogP contribution in [0.25, 0.3) is 0 Å². The zero-order valence-electron chi connectivity index (χ0n) is 7.76. The van der Waals surface area contributed by atoms with E-state index in [0.29, 0.717) is 32.3 Å². The minimum atomic E-state index is -0.195. The standard InChI is InChI=1S/C9H16O3/c1-3-8(10)6-5-7-12-9(11)4-2/h3-7H2,1-2H3. The molecule has 0 fully saturated rings. The topological polar surface area (TPSA) is 43.4 Å². The van der Waals surface area contributed by atoms with Gasteiger partial charge in [0.05, 0.1) is 6.61 Å². The van der Waals surface area contributed by atoms with Crippen molar-refractivity contribution in [3.05, 3.63) is 0 Å². The molecule has 0 amide bonds. The highest BCUT2D eigenvalue weighted by Crippen LogP contribution is 1.96. The Balaban J connectivity index is 3.21. The van der Waals surface area contributed by atoms with Crippen LogP contribution < -0.4 is 0 Å².